The van der Waals surface area contributed by atoms with E-state index in [-0.39, 0.29) is 16.4 Å². The van der Waals surface area contributed by atoms with E-state index in [0.29, 0.717) is 11.6 Å². The summed E-state index contributed by atoms with van der Waals surface area (Å²) in [7, 11) is -2.48. The monoisotopic (exact) mass is 515 g/mol. The van der Waals surface area contributed by atoms with Gasteiger partial charge in [0.05, 0.1) is 17.7 Å². The van der Waals surface area contributed by atoms with Crippen LogP contribution in [0.25, 0.3) is 10.4 Å². The summed E-state index contributed by atoms with van der Waals surface area (Å²) < 4.78 is 34.3. The van der Waals surface area contributed by atoms with Gasteiger partial charge in [-0.1, -0.05) is 50.4 Å². The number of methoxy groups -OCH3 is 1. The van der Waals surface area contributed by atoms with E-state index in [9.17, 15) is 13.5 Å². The fraction of sp³-hybridized carbons (Fsp3) is 0.423. The van der Waals surface area contributed by atoms with Gasteiger partial charge in [-0.2, -0.15) is 0 Å². The molecule has 0 bridgehead atoms. The highest BCUT2D eigenvalue weighted by Crippen LogP contribution is 2.37. The topological polar surface area (TPSA) is 101 Å². The highest BCUT2D eigenvalue weighted by atomic mass is 32.2. The molecule has 1 atom stereocenters. The molecule has 7 nitrogen and oxygen atoms in total. The minimum Gasteiger partial charge on any atom is -0.508 e. The molecule has 4 rings (SSSR count). The maximum atomic E-state index is 13.2. The predicted octanol–water partition coefficient (Wildman–Crippen LogP) is 6.26. The van der Waals surface area contributed by atoms with Crippen molar-refractivity contribution in [3.8, 4) is 21.9 Å². The number of hydrogen-bond acceptors (Lipinski definition) is 7. The molecular weight excluding hydrogens is 482 g/mol. The highest BCUT2D eigenvalue weighted by Gasteiger charge is 2.23. The van der Waals surface area contributed by atoms with Gasteiger partial charge >= 0.3 is 0 Å². The zero-order valence-electron chi connectivity index (χ0n) is 20.4. The van der Waals surface area contributed by atoms with Crippen molar-refractivity contribution in [2.24, 2.45) is 11.8 Å². The number of hydrogen-bond donors (Lipinski definition) is 3. The molecule has 35 heavy (non-hydrogen) atoms. The summed E-state index contributed by atoms with van der Waals surface area (Å²) >= 11 is 1.53. The van der Waals surface area contributed by atoms with Crippen LogP contribution in [0.3, 0.4) is 0 Å². The van der Waals surface area contributed by atoms with Crippen molar-refractivity contribution in [1.82, 2.24) is 4.98 Å². The number of aromatic hydroxyl groups is 1. The molecule has 0 saturated heterocycles. The van der Waals surface area contributed by atoms with Crippen molar-refractivity contribution in [1.29, 1.82) is 0 Å². The Kier molecular flexibility index (Phi) is 7.86. The number of rotatable bonds is 9. The minimum absolute atomic E-state index is 0.0406. The number of phenols is 1. The first kappa shape index (κ1) is 25.3. The van der Waals surface area contributed by atoms with E-state index in [0.717, 1.165) is 33.7 Å². The van der Waals surface area contributed by atoms with Crippen molar-refractivity contribution in [3.63, 3.8) is 0 Å². The Morgan fingerprint density at radius 2 is 1.86 bits per heavy atom. The third-order valence-electron chi connectivity index (χ3n) is 6.66. The van der Waals surface area contributed by atoms with E-state index in [1.165, 1.54) is 74.8 Å². The van der Waals surface area contributed by atoms with Crippen LogP contribution < -0.4 is 14.8 Å². The van der Waals surface area contributed by atoms with Gasteiger partial charge in [0.2, 0.25) is 0 Å². The number of aromatic nitrogens is 1. The quantitative estimate of drug-likeness (QED) is 0.291. The largest absolute Gasteiger partial charge is 0.508 e. The van der Waals surface area contributed by atoms with E-state index in [1.54, 1.807) is 12.1 Å². The number of nitrogens with one attached hydrogen (secondary N) is 2. The van der Waals surface area contributed by atoms with E-state index in [4.69, 9.17) is 9.72 Å². The molecule has 3 aromatic rings. The Labute approximate surface area is 211 Å². The van der Waals surface area contributed by atoms with E-state index in [1.807, 2.05) is 13.0 Å². The van der Waals surface area contributed by atoms with Crippen LogP contribution in [0.4, 0.5) is 10.8 Å². The summed E-state index contributed by atoms with van der Waals surface area (Å²) in [6.07, 6.45) is 6.65. The molecular formula is C26H33N3O4S2. The first-order valence-electron chi connectivity index (χ1n) is 12.0. The standard InChI is InChI=1S/C26H33N3O4S2/c1-17(19-7-5-4-6-8-19)16-27-26-28-18(2)25(34-26)20-9-14-23(33-3)24(15-20)35(31,32)29-21-10-12-22(30)13-11-21/h9-15,17,19,29-30H,4-8,16H2,1-3H3,(H,27,28). The average Bonchev–Trinajstić information content (AvgIpc) is 3.24. The maximum Gasteiger partial charge on any atom is 0.265 e. The first-order valence-corrected chi connectivity index (χ1v) is 14.3. The molecule has 1 heterocycles. The Morgan fingerprint density at radius 3 is 2.54 bits per heavy atom. The minimum atomic E-state index is -3.93. The molecule has 0 spiro atoms. The van der Waals surface area contributed by atoms with Crippen LogP contribution >= 0.6 is 11.3 Å². The first-order chi connectivity index (χ1) is 16.8. The molecule has 9 heteroatoms. The molecule has 1 aliphatic carbocycles. The molecule has 1 aromatic heterocycles. The van der Waals surface area contributed by atoms with Gasteiger partial charge in [0.1, 0.15) is 16.4 Å². The molecule has 1 aliphatic rings. The molecule has 3 N–H and O–H groups in total. The van der Waals surface area contributed by atoms with Crippen LogP contribution in [0.15, 0.2) is 47.4 Å². The zero-order valence-corrected chi connectivity index (χ0v) is 22.0. The summed E-state index contributed by atoms with van der Waals surface area (Å²) in [5.41, 5.74) is 1.96. The summed E-state index contributed by atoms with van der Waals surface area (Å²) in [5.74, 6) is 1.67. The van der Waals surface area contributed by atoms with Crippen molar-refractivity contribution < 1.29 is 18.3 Å². The van der Waals surface area contributed by atoms with Crippen LogP contribution in [-0.2, 0) is 10.0 Å². The number of ether oxygens (including phenoxy) is 1. The molecule has 0 aliphatic heterocycles. The highest BCUT2D eigenvalue weighted by molar-refractivity contribution is 7.92. The summed E-state index contributed by atoms with van der Waals surface area (Å²) in [6.45, 7) is 5.14. The predicted molar refractivity (Wildman–Crippen MR) is 142 cm³/mol. The van der Waals surface area contributed by atoms with Gasteiger partial charge in [-0.3, -0.25) is 4.72 Å². The Morgan fingerprint density at radius 1 is 1.14 bits per heavy atom. The number of thiazole rings is 1. The third-order valence-corrected chi connectivity index (χ3v) is 9.23. The van der Waals surface area contributed by atoms with Gasteiger partial charge in [-0.05, 0) is 66.8 Å². The molecule has 0 radical (unpaired) electrons. The number of benzene rings is 2. The van der Waals surface area contributed by atoms with Crippen molar-refractivity contribution in [2.45, 2.75) is 50.8 Å². The summed E-state index contributed by atoms with van der Waals surface area (Å²) in [5, 5.41) is 13.8. The molecule has 1 unspecified atom stereocenters. The lowest BCUT2D eigenvalue weighted by Gasteiger charge is -2.27. The number of aryl methyl sites for hydroxylation is 1. The second-order valence-electron chi connectivity index (χ2n) is 9.21. The van der Waals surface area contributed by atoms with Crippen LogP contribution in [0.2, 0.25) is 0 Å². The maximum absolute atomic E-state index is 13.2. The van der Waals surface area contributed by atoms with Crippen LogP contribution in [0.1, 0.15) is 44.7 Å². The lowest BCUT2D eigenvalue weighted by Crippen LogP contribution is -2.22. The van der Waals surface area contributed by atoms with Crippen molar-refractivity contribution in [3.05, 3.63) is 48.2 Å². The van der Waals surface area contributed by atoms with Gasteiger partial charge < -0.3 is 15.2 Å². The zero-order chi connectivity index (χ0) is 25.0. The van der Waals surface area contributed by atoms with Crippen LogP contribution in [0.5, 0.6) is 11.5 Å². The molecule has 1 fully saturated rings. The second-order valence-corrected chi connectivity index (χ2v) is 11.9. The molecule has 1 saturated carbocycles. The van der Waals surface area contributed by atoms with Gasteiger partial charge in [0, 0.05) is 12.2 Å². The fourth-order valence-corrected chi connectivity index (χ4v) is 6.85. The lowest BCUT2D eigenvalue weighted by atomic mass is 9.81. The second kappa shape index (κ2) is 10.9. The molecule has 188 valence electrons. The number of phenolic OH excluding ortho intramolecular Hbond substituents is 1. The SMILES string of the molecule is COc1ccc(-c2sc(NCC(C)C3CCCCC3)nc2C)cc1S(=O)(=O)Nc1ccc(O)cc1. The number of nitrogens with zero attached hydrogens (tertiary/aromatic N) is 1. The van der Waals surface area contributed by atoms with Gasteiger partial charge in [0.25, 0.3) is 10.0 Å². The Balaban J connectivity index is 1.54. The van der Waals surface area contributed by atoms with Gasteiger partial charge in [0.15, 0.2) is 5.13 Å². The van der Waals surface area contributed by atoms with Crippen molar-refractivity contribution >= 4 is 32.2 Å². The lowest BCUT2D eigenvalue weighted by molar-refractivity contribution is 0.273. The smallest absolute Gasteiger partial charge is 0.265 e. The van der Waals surface area contributed by atoms with Crippen LogP contribution in [0, 0.1) is 18.8 Å². The molecule has 2 aromatic carbocycles. The average molecular weight is 516 g/mol. The van der Waals surface area contributed by atoms with Gasteiger partial charge in [-0.25, -0.2) is 13.4 Å². The van der Waals surface area contributed by atoms with E-state index >= 15 is 0 Å². The Bertz CT molecular complexity index is 1250. The fourth-order valence-electron chi connectivity index (χ4n) is 4.63. The Hall–Kier alpha value is -2.78. The van der Waals surface area contributed by atoms with Crippen molar-refractivity contribution in [2.75, 3.05) is 23.7 Å². The normalized spacial score (nSPS) is 15.5. The van der Waals surface area contributed by atoms with Crippen LogP contribution in [-0.4, -0.2) is 32.2 Å². The number of sulfonamides is 1. The summed E-state index contributed by atoms with van der Waals surface area (Å²) in [4.78, 5) is 5.66. The van der Waals surface area contributed by atoms with Gasteiger partial charge in [-0.15, -0.1) is 0 Å². The number of anilines is 2. The summed E-state index contributed by atoms with van der Waals surface area (Å²) in [6, 6.07) is 11.0. The molecule has 0 amide bonds. The van der Waals surface area contributed by atoms with E-state index in [2.05, 4.69) is 17.0 Å². The third kappa shape index (κ3) is 6.08. The van der Waals surface area contributed by atoms with E-state index < -0.39 is 10.0 Å².